The van der Waals surface area contributed by atoms with E-state index >= 15 is 0 Å². The molecule has 3 fully saturated rings. The van der Waals surface area contributed by atoms with Crippen molar-refractivity contribution in [2.45, 2.75) is 111 Å². The first-order valence-electron chi connectivity index (χ1n) is 13.2. The summed E-state index contributed by atoms with van der Waals surface area (Å²) in [5, 5.41) is 10.4. The quantitative estimate of drug-likeness (QED) is 0.299. The van der Waals surface area contributed by atoms with E-state index in [2.05, 4.69) is 34.6 Å². The molecule has 0 aromatic carbocycles. The molecule has 0 bridgehead atoms. The van der Waals surface area contributed by atoms with Crippen LogP contribution < -0.4 is 0 Å². The molecule has 0 saturated heterocycles. The summed E-state index contributed by atoms with van der Waals surface area (Å²) in [4.78, 5) is 0. The molecular formula is C27H45ClHgO. The Balaban J connectivity index is 1.55. The standard InChI is InChI=1S/C27H45O.ClH.Hg/c1-18(2)7-6-8-19(3)23-11-12-24-22-10-9-20-17-21(28)13-15-26(20,4)25(22)14-16-27(23,24)5;;/h18-19,21-25,28H,6-8,10-17H2,1-5H3;1H;/q;;+1/p-1/t19-,21+,22+,23-,24+,25+,26+,27-;;/m1../s1. The second-order valence-electron chi connectivity index (χ2n) is 12.6. The van der Waals surface area contributed by atoms with Gasteiger partial charge in [-0.1, -0.05) is 0 Å². The van der Waals surface area contributed by atoms with Gasteiger partial charge in [-0.15, -0.1) is 0 Å². The average molecular weight is 622 g/mol. The van der Waals surface area contributed by atoms with Gasteiger partial charge in [-0.25, -0.2) is 0 Å². The Labute approximate surface area is 202 Å². The fraction of sp³-hybridized carbons (Fsp3) is 0.926. The Kier molecular flexibility index (Phi) is 7.45. The van der Waals surface area contributed by atoms with Crippen molar-refractivity contribution in [3.05, 3.63) is 8.65 Å². The van der Waals surface area contributed by atoms with Crippen molar-refractivity contribution in [2.24, 2.45) is 46.3 Å². The Morgan fingerprint density at radius 3 is 2.47 bits per heavy atom. The summed E-state index contributed by atoms with van der Waals surface area (Å²) in [7, 11) is 6.76. The van der Waals surface area contributed by atoms with Gasteiger partial charge in [-0.3, -0.25) is 0 Å². The Morgan fingerprint density at radius 1 is 1.00 bits per heavy atom. The minimum absolute atomic E-state index is 0.104. The van der Waals surface area contributed by atoms with E-state index in [0.29, 0.717) is 10.8 Å². The Morgan fingerprint density at radius 2 is 1.77 bits per heavy atom. The number of fused-ring (bicyclic) bond motifs is 5. The molecule has 3 heteroatoms. The number of halogens is 1. The Hall–Kier alpha value is 0.925. The van der Waals surface area contributed by atoms with Crippen molar-refractivity contribution < 1.29 is 28.4 Å². The minimum atomic E-state index is -1.46. The number of aliphatic hydroxyl groups is 1. The van der Waals surface area contributed by atoms with Crippen molar-refractivity contribution in [1.29, 1.82) is 0 Å². The summed E-state index contributed by atoms with van der Waals surface area (Å²) in [5.74, 6) is 5.33. The van der Waals surface area contributed by atoms with Crippen molar-refractivity contribution in [2.75, 3.05) is 0 Å². The van der Waals surface area contributed by atoms with E-state index < -0.39 is 23.3 Å². The number of rotatable bonds is 6. The molecule has 3 saturated carbocycles. The zero-order chi connectivity index (χ0) is 21.7. The van der Waals surface area contributed by atoms with E-state index in [1.165, 1.54) is 57.8 Å². The summed E-state index contributed by atoms with van der Waals surface area (Å²) in [6.45, 7) is 12.6. The molecule has 0 aromatic heterocycles. The van der Waals surface area contributed by atoms with Crippen LogP contribution in [-0.2, 0) is 23.3 Å². The summed E-state index contributed by atoms with van der Waals surface area (Å²) in [6.07, 6.45) is 14.4. The third-order valence-corrected chi connectivity index (χ3v) is 17.5. The SMILES string of the molecule is CC(C)CCC[C@@H](C)[C@H]1CC[C@H]2[C@@H]3C[C]([Hg][Cl])=C4C[C@@H](O)CC[C@]4(C)[C@H]3CC[C@]12C. The van der Waals surface area contributed by atoms with Crippen LogP contribution in [0.15, 0.2) is 8.65 Å². The molecular weight excluding hydrogens is 576 g/mol. The molecule has 168 valence electrons. The van der Waals surface area contributed by atoms with Crippen LogP contribution in [0, 0.1) is 46.3 Å². The van der Waals surface area contributed by atoms with Gasteiger partial charge in [0.2, 0.25) is 0 Å². The molecule has 0 amide bonds. The second-order valence-corrected chi connectivity index (χ2v) is 19.3. The van der Waals surface area contributed by atoms with Crippen LogP contribution in [0.3, 0.4) is 0 Å². The van der Waals surface area contributed by atoms with E-state index in [1.54, 1.807) is 8.65 Å². The van der Waals surface area contributed by atoms with Crippen molar-refractivity contribution >= 4 is 8.25 Å². The van der Waals surface area contributed by atoms with E-state index in [-0.39, 0.29) is 6.10 Å². The van der Waals surface area contributed by atoms with Crippen LogP contribution in [0.2, 0.25) is 0 Å². The zero-order valence-electron chi connectivity index (χ0n) is 20.4. The normalized spacial score (nSPS) is 44.3. The monoisotopic (exact) mass is 622 g/mol. The molecule has 0 spiro atoms. The summed E-state index contributed by atoms with van der Waals surface area (Å²) < 4.78 is 1.73. The molecule has 4 aliphatic rings. The predicted molar refractivity (Wildman–Crippen MR) is 124 cm³/mol. The number of hydrogen-bond donors (Lipinski definition) is 1. The molecule has 4 aliphatic carbocycles. The summed E-state index contributed by atoms with van der Waals surface area (Å²) in [5.41, 5.74) is 2.59. The third-order valence-electron chi connectivity index (χ3n) is 10.7. The fourth-order valence-electron chi connectivity index (χ4n) is 9.08. The first-order chi connectivity index (χ1) is 14.2. The maximum absolute atomic E-state index is 10.4. The molecule has 4 rings (SSSR count). The van der Waals surface area contributed by atoms with Gasteiger partial charge >= 0.3 is 203 Å². The number of hydrogen-bond acceptors (Lipinski definition) is 1. The van der Waals surface area contributed by atoms with E-state index in [4.69, 9.17) is 8.25 Å². The molecule has 1 N–H and O–H groups in total. The van der Waals surface area contributed by atoms with Crippen molar-refractivity contribution in [3.8, 4) is 0 Å². The first-order valence-corrected chi connectivity index (χ1v) is 22.7. The van der Waals surface area contributed by atoms with Gasteiger partial charge in [0, 0.05) is 0 Å². The van der Waals surface area contributed by atoms with Crippen molar-refractivity contribution in [1.82, 2.24) is 0 Å². The van der Waals surface area contributed by atoms with Gasteiger partial charge in [0.15, 0.2) is 0 Å². The summed E-state index contributed by atoms with van der Waals surface area (Å²) >= 11 is -1.46. The Bertz CT molecular complexity index is 659. The average Bonchev–Trinajstić information content (AvgIpc) is 3.05. The number of allylic oxidation sites excluding steroid dienone is 1. The van der Waals surface area contributed by atoms with Gasteiger partial charge in [-0.2, -0.15) is 0 Å². The first kappa shape index (κ1) is 24.1. The van der Waals surface area contributed by atoms with E-state index in [1.807, 2.05) is 0 Å². The topological polar surface area (TPSA) is 20.2 Å². The van der Waals surface area contributed by atoms with Gasteiger partial charge in [0.25, 0.3) is 0 Å². The van der Waals surface area contributed by atoms with Crippen LogP contribution >= 0.6 is 8.25 Å². The van der Waals surface area contributed by atoms with Gasteiger partial charge in [-0.05, 0) is 0 Å². The molecule has 0 aromatic rings. The zero-order valence-corrected chi connectivity index (χ0v) is 26.6. The van der Waals surface area contributed by atoms with Gasteiger partial charge in [0.05, 0.1) is 0 Å². The van der Waals surface area contributed by atoms with E-state index in [0.717, 1.165) is 48.3 Å². The predicted octanol–water partition coefficient (Wildman–Crippen LogP) is 7.95. The van der Waals surface area contributed by atoms with Crippen LogP contribution in [-0.4, -0.2) is 11.2 Å². The third kappa shape index (κ3) is 4.13. The fourth-order valence-corrected chi connectivity index (χ4v) is 15.9. The van der Waals surface area contributed by atoms with Gasteiger partial charge in [0.1, 0.15) is 0 Å². The molecule has 0 aliphatic heterocycles. The maximum atomic E-state index is 10.4. The van der Waals surface area contributed by atoms with Crippen LogP contribution in [0.4, 0.5) is 0 Å². The summed E-state index contributed by atoms with van der Waals surface area (Å²) in [6, 6.07) is 0. The van der Waals surface area contributed by atoms with Crippen LogP contribution in [0.1, 0.15) is 105 Å². The molecule has 0 radical (unpaired) electrons. The van der Waals surface area contributed by atoms with Crippen molar-refractivity contribution in [3.63, 3.8) is 0 Å². The molecule has 0 unspecified atom stereocenters. The molecule has 0 heterocycles. The molecule has 8 atom stereocenters. The van der Waals surface area contributed by atoms with E-state index in [9.17, 15) is 5.11 Å². The molecule has 30 heavy (non-hydrogen) atoms. The molecule has 1 nitrogen and oxygen atoms in total. The second kappa shape index (κ2) is 9.29. The van der Waals surface area contributed by atoms with Crippen LogP contribution in [0.5, 0.6) is 0 Å². The number of aliphatic hydroxyl groups excluding tert-OH is 1. The van der Waals surface area contributed by atoms with Gasteiger partial charge < -0.3 is 0 Å². The van der Waals surface area contributed by atoms with Crippen LogP contribution in [0.25, 0.3) is 0 Å².